The maximum atomic E-state index is 12.1. The molecule has 0 spiro atoms. The summed E-state index contributed by atoms with van der Waals surface area (Å²) in [6.07, 6.45) is 0.912. The van der Waals surface area contributed by atoms with Gasteiger partial charge < -0.3 is 10.6 Å². The van der Waals surface area contributed by atoms with Crippen LogP contribution in [0.1, 0.15) is 41.0 Å². The van der Waals surface area contributed by atoms with Crippen molar-refractivity contribution in [3.8, 4) is 0 Å². The van der Waals surface area contributed by atoms with Crippen LogP contribution in [0.25, 0.3) is 0 Å². The highest BCUT2D eigenvalue weighted by Crippen LogP contribution is 2.31. The second kappa shape index (κ2) is 3.23. The standard InChI is InChI=1S/C11H22N2O/c1-10(2,3)9(14)13-7-6-8(12)11(13,4)5/h8H,6-7,12H2,1-5H3. The third-order valence-corrected chi connectivity index (χ3v) is 3.15. The Hall–Kier alpha value is -0.570. The fourth-order valence-electron chi connectivity index (χ4n) is 1.88. The van der Waals surface area contributed by atoms with Gasteiger partial charge in [0.1, 0.15) is 0 Å². The first-order chi connectivity index (χ1) is 6.17. The van der Waals surface area contributed by atoms with Crippen LogP contribution in [0, 0.1) is 5.41 Å². The minimum absolute atomic E-state index is 0.105. The van der Waals surface area contributed by atoms with Crippen LogP contribution in [0.5, 0.6) is 0 Å². The molecule has 0 aromatic carbocycles. The number of likely N-dealkylation sites (tertiary alicyclic amines) is 1. The quantitative estimate of drug-likeness (QED) is 0.639. The van der Waals surface area contributed by atoms with Crippen molar-refractivity contribution in [2.45, 2.75) is 52.6 Å². The number of carbonyl (C=O) groups is 1. The van der Waals surface area contributed by atoms with E-state index in [0.29, 0.717) is 0 Å². The van der Waals surface area contributed by atoms with Crippen molar-refractivity contribution in [1.29, 1.82) is 0 Å². The summed E-state index contributed by atoms with van der Waals surface area (Å²) in [6, 6.07) is 0.105. The summed E-state index contributed by atoms with van der Waals surface area (Å²) in [5, 5.41) is 0. The number of rotatable bonds is 0. The van der Waals surface area contributed by atoms with Crippen LogP contribution in [0.2, 0.25) is 0 Å². The lowest BCUT2D eigenvalue weighted by molar-refractivity contribution is -0.143. The zero-order valence-electron chi connectivity index (χ0n) is 9.92. The Morgan fingerprint density at radius 1 is 1.43 bits per heavy atom. The minimum Gasteiger partial charge on any atom is -0.336 e. The van der Waals surface area contributed by atoms with E-state index in [9.17, 15) is 4.79 Å². The van der Waals surface area contributed by atoms with Crippen LogP contribution in [-0.4, -0.2) is 28.9 Å². The second-order valence-corrected chi connectivity index (χ2v) is 5.76. The SMILES string of the molecule is CC(C)(C)C(=O)N1CCC(N)C1(C)C. The van der Waals surface area contributed by atoms with E-state index in [4.69, 9.17) is 5.73 Å². The molecule has 0 aromatic rings. The highest BCUT2D eigenvalue weighted by molar-refractivity contribution is 5.82. The molecule has 14 heavy (non-hydrogen) atoms. The Balaban J connectivity index is 2.86. The van der Waals surface area contributed by atoms with Crippen molar-refractivity contribution in [1.82, 2.24) is 4.90 Å². The van der Waals surface area contributed by atoms with E-state index in [0.717, 1.165) is 13.0 Å². The number of hydrogen-bond acceptors (Lipinski definition) is 2. The van der Waals surface area contributed by atoms with E-state index in [2.05, 4.69) is 0 Å². The normalized spacial score (nSPS) is 26.7. The summed E-state index contributed by atoms with van der Waals surface area (Å²) in [5.74, 6) is 0.204. The summed E-state index contributed by atoms with van der Waals surface area (Å²) in [5.41, 5.74) is 5.50. The third kappa shape index (κ3) is 1.78. The van der Waals surface area contributed by atoms with Crippen molar-refractivity contribution in [2.75, 3.05) is 6.54 Å². The summed E-state index contributed by atoms with van der Waals surface area (Å²) >= 11 is 0. The molecule has 1 heterocycles. The number of nitrogens with two attached hydrogens (primary N) is 1. The number of nitrogens with zero attached hydrogens (tertiary/aromatic N) is 1. The van der Waals surface area contributed by atoms with Gasteiger partial charge in [-0.3, -0.25) is 4.79 Å². The van der Waals surface area contributed by atoms with E-state index in [1.807, 2.05) is 39.5 Å². The average molecular weight is 198 g/mol. The highest BCUT2D eigenvalue weighted by atomic mass is 16.2. The minimum atomic E-state index is -0.304. The van der Waals surface area contributed by atoms with Crippen molar-refractivity contribution >= 4 is 5.91 Å². The molecule has 1 unspecified atom stereocenters. The first-order valence-electron chi connectivity index (χ1n) is 5.25. The zero-order valence-corrected chi connectivity index (χ0v) is 9.92. The molecule has 1 amide bonds. The molecule has 1 aliphatic heterocycles. The lowest BCUT2D eigenvalue weighted by Gasteiger charge is -2.38. The molecule has 0 aliphatic carbocycles. The molecule has 2 N–H and O–H groups in total. The van der Waals surface area contributed by atoms with E-state index >= 15 is 0 Å². The van der Waals surface area contributed by atoms with Gasteiger partial charge in [0, 0.05) is 18.0 Å². The third-order valence-electron chi connectivity index (χ3n) is 3.15. The smallest absolute Gasteiger partial charge is 0.228 e. The molecule has 1 rings (SSSR count). The van der Waals surface area contributed by atoms with Gasteiger partial charge in [0.2, 0.25) is 5.91 Å². The maximum Gasteiger partial charge on any atom is 0.228 e. The Kier molecular flexibility index (Phi) is 2.65. The molecule has 0 aromatic heterocycles. The molecular formula is C11H22N2O. The van der Waals surface area contributed by atoms with E-state index in [1.54, 1.807) is 0 Å². The lowest BCUT2D eigenvalue weighted by atomic mass is 9.91. The number of amides is 1. The summed E-state index contributed by atoms with van der Waals surface area (Å²) < 4.78 is 0. The number of hydrogen-bond donors (Lipinski definition) is 1. The monoisotopic (exact) mass is 198 g/mol. The maximum absolute atomic E-state index is 12.1. The predicted molar refractivity (Wildman–Crippen MR) is 57.8 cm³/mol. The fraction of sp³-hybridized carbons (Fsp3) is 0.909. The molecule has 0 saturated carbocycles. The van der Waals surface area contributed by atoms with Crippen LogP contribution < -0.4 is 5.73 Å². The van der Waals surface area contributed by atoms with Crippen molar-refractivity contribution in [3.63, 3.8) is 0 Å². The van der Waals surface area contributed by atoms with Crippen LogP contribution in [0.15, 0.2) is 0 Å². The Morgan fingerprint density at radius 2 is 1.93 bits per heavy atom. The molecule has 3 heteroatoms. The Bertz CT molecular complexity index is 240. The molecule has 1 atom stereocenters. The van der Waals surface area contributed by atoms with E-state index in [-0.39, 0.29) is 22.9 Å². The van der Waals surface area contributed by atoms with E-state index in [1.165, 1.54) is 0 Å². The topological polar surface area (TPSA) is 46.3 Å². The van der Waals surface area contributed by atoms with Crippen molar-refractivity contribution < 1.29 is 4.79 Å². The largest absolute Gasteiger partial charge is 0.336 e. The van der Waals surface area contributed by atoms with Gasteiger partial charge in [-0.15, -0.1) is 0 Å². The van der Waals surface area contributed by atoms with Gasteiger partial charge in [0.25, 0.3) is 0 Å². The van der Waals surface area contributed by atoms with Crippen molar-refractivity contribution in [2.24, 2.45) is 11.1 Å². The first-order valence-corrected chi connectivity index (χ1v) is 5.25. The summed E-state index contributed by atoms with van der Waals surface area (Å²) in [6.45, 7) is 10.8. The first kappa shape index (κ1) is 11.5. The Labute approximate surface area is 86.6 Å². The molecule has 1 aliphatic rings. The Morgan fingerprint density at radius 3 is 2.21 bits per heavy atom. The van der Waals surface area contributed by atoms with Gasteiger partial charge in [-0.25, -0.2) is 0 Å². The van der Waals surface area contributed by atoms with E-state index < -0.39 is 0 Å². The summed E-state index contributed by atoms with van der Waals surface area (Å²) in [7, 11) is 0. The molecular weight excluding hydrogens is 176 g/mol. The molecule has 3 nitrogen and oxygen atoms in total. The van der Waals surface area contributed by atoms with Crippen LogP contribution >= 0.6 is 0 Å². The lowest BCUT2D eigenvalue weighted by Crippen LogP contribution is -2.53. The van der Waals surface area contributed by atoms with Gasteiger partial charge in [-0.2, -0.15) is 0 Å². The molecule has 82 valence electrons. The predicted octanol–water partition coefficient (Wildman–Crippen LogP) is 1.37. The van der Waals surface area contributed by atoms with Gasteiger partial charge >= 0.3 is 0 Å². The fourth-order valence-corrected chi connectivity index (χ4v) is 1.88. The van der Waals surface area contributed by atoms with Crippen LogP contribution in [0.3, 0.4) is 0 Å². The van der Waals surface area contributed by atoms with Gasteiger partial charge in [0.05, 0.1) is 5.54 Å². The summed E-state index contributed by atoms with van der Waals surface area (Å²) in [4.78, 5) is 14.0. The highest BCUT2D eigenvalue weighted by Gasteiger charge is 2.44. The zero-order chi connectivity index (χ0) is 11.1. The van der Waals surface area contributed by atoms with Crippen LogP contribution in [0.4, 0.5) is 0 Å². The number of carbonyl (C=O) groups excluding carboxylic acids is 1. The van der Waals surface area contributed by atoms with Gasteiger partial charge in [-0.05, 0) is 20.3 Å². The van der Waals surface area contributed by atoms with Gasteiger partial charge in [-0.1, -0.05) is 20.8 Å². The van der Waals surface area contributed by atoms with Crippen LogP contribution in [-0.2, 0) is 4.79 Å². The molecule has 1 fully saturated rings. The molecule has 0 bridgehead atoms. The molecule has 0 radical (unpaired) electrons. The van der Waals surface area contributed by atoms with Gasteiger partial charge in [0.15, 0.2) is 0 Å². The van der Waals surface area contributed by atoms with Crippen molar-refractivity contribution in [3.05, 3.63) is 0 Å². The second-order valence-electron chi connectivity index (χ2n) is 5.76. The molecule has 1 saturated heterocycles. The average Bonchev–Trinajstić information content (AvgIpc) is 2.25.